The largest absolute Gasteiger partial charge is 0.444 e. The average molecular weight is 300 g/mol. The van der Waals surface area contributed by atoms with E-state index in [0.29, 0.717) is 5.92 Å². The highest BCUT2D eigenvalue weighted by Crippen LogP contribution is 2.27. The van der Waals surface area contributed by atoms with Crippen molar-refractivity contribution in [1.29, 1.82) is 0 Å². The van der Waals surface area contributed by atoms with Crippen molar-refractivity contribution in [2.45, 2.75) is 37.1 Å². The van der Waals surface area contributed by atoms with Crippen LogP contribution in [0.1, 0.15) is 27.2 Å². The van der Waals surface area contributed by atoms with E-state index in [1.165, 1.54) is 0 Å². The molecule has 2 heterocycles. The standard InChI is InChI=1S/C13H20N2O2S2/c1-13(2,3)17-12(16)15-6-4-10(8-15)9-19-11-14-5-7-18-11/h5,7,10H,4,6,8-9H2,1-3H3/t10-/m1/s1. The molecule has 106 valence electrons. The maximum atomic E-state index is 11.9. The van der Waals surface area contributed by atoms with Gasteiger partial charge in [0.15, 0.2) is 0 Å². The molecule has 0 radical (unpaired) electrons. The monoisotopic (exact) mass is 300 g/mol. The Labute approximate surface area is 122 Å². The van der Waals surface area contributed by atoms with Gasteiger partial charge in [-0.25, -0.2) is 9.78 Å². The fraction of sp³-hybridized carbons (Fsp3) is 0.692. The predicted molar refractivity (Wildman–Crippen MR) is 78.8 cm³/mol. The molecule has 0 aromatic carbocycles. The summed E-state index contributed by atoms with van der Waals surface area (Å²) < 4.78 is 6.50. The Morgan fingerprint density at radius 3 is 3.05 bits per heavy atom. The third-order valence-electron chi connectivity index (χ3n) is 2.79. The van der Waals surface area contributed by atoms with Gasteiger partial charge in [-0.15, -0.1) is 11.3 Å². The number of thiazole rings is 1. The summed E-state index contributed by atoms with van der Waals surface area (Å²) >= 11 is 3.45. The Kier molecular flexibility index (Phi) is 4.73. The van der Waals surface area contributed by atoms with Gasteiger partial charge in [0.1, 0.15) is 9.94 Å². The molecule has 1 aromatic heterocycles. The topological polar surface area (TPSA) is 42.4 Å². The molecule has 0 bridgehead atoms. The second-order valence-electron chi connectivity index (χ2n) is 5.69. The number of likely N-dealkylation sites (tertiary alicyclic amines) is 1. The van der Waals surface area contributed by atoms with Crippen LogP contribution in [0.5, 0.6) is 0 Å². The van der Waals surface area contributed by atoms with Crippen LogP contribution in [0.25, 0.3) is 0 Å². The van der Waals surface area contributed by atoms with Gasteiger partial charge in [-0.3, -0.25) is 0 Å². The Morgan fingerprint density at radius 1 is 1.63 bits per heavy atom. The molecule has 1 amide bonds. The van der Waals surface area contributed by atoms with Gasteiger partial charge >= 0.3 is 6.09 Å². The number of carbonyl (C=O) groups excluding carboxylic acids is 1. The summed E-state index contributed by atoms with van der Waals surface area (Å²) in [5.74, 6) is 1.56. The number of nitrogens with zero attached hydrogens (tertiary/aromatic N) is 2. The molecular weight excluding hydrogens is 280 g/mol. The van der Waals surface area contributed by atoms with Crippen molar-refractivity contribution in [3.63, 3.8) is 0 Å². The lowest BCUT2D eigenvalue weighted by atomic mass is 10.2. The van der Waals surface area contributed by atoms with Gasteiger partial charge in [-0.1, -0.05) is 11.8 Å². The molecule has 0 N–H and O–H groups in total. The molecule has 1 aliphatic heterocycles. The Bertz CT molecular complexity index is 415. The predicted octanol–water partition coefficient (Wildman–Crippen LogP) is 3.49. The van der Waals surface area contributed by atoms with Crippen molar-refractivity contribution >= 4 is 29.2 Å². The maximum Gasteiger partial charge on any atom is 0.410 e. The summed E-state index contributed by atoms with van der Waals surface area (Å²) in [6, 6.07) is 0. The lowest BCUT2D eigenvalue weighted by molar-refractivity contribution is 0.0289. The summed E-state index contributed by atoms with van der Waals surface area (Å²) in [6.45, 7) is 7.30. The molecule has 1 saturated heterocycles. The van der Waals surface area contributed by atoms with E-state index in [1.807, 2.05) is 37.2 Å². The van der Waals surface area contributed by atoms with E-state index >= 15 is 0 Å². The first-order valence-electron chi connectivity index (χ1n) is 6.44. The number of hydrogen-bond donors (Lipinski definition) is 0. The number of carbonyl (C=O) groups is 1. The van der Waals surface area contributed by atoms with E-state index in [4.69, 9.17) is 4.74 Å². The van der Waals surface area contributed by atoms with Crippen LogP contribution in [0.3, 0.4) is 0 Å². The van der Waals surface area contributed by atoms with Crippen molar-refractivity contribution in [2.75, 3.05) is 18.8 Å². The Balaban J connectivity index is 1.75. The summed E-state index contributed by atoms with van der Waals surface area (Å²) in [4.78, 5) is 18.0. The van der Waals surface area contributed by atoms with Crippen LogP contribution < -0.4 is 0 Å². The lowest BCUT2D eigenvalue weighted by Crippen LogP contribution is -2.35. The van der Waals surface area contributed by atoms with Crippen LogP contribution in [0.2, 0.25) is 0 Å². The van der Waals surface area contributed by atoms with E-state index in [-0.39, 0.29) is 6.09 Å². The van der Waals surface area contributed by atoms with Crippen LogP contribution >= 0.6 is 23.1 Å². The summed E-state index contributed by atoms with van der Waals surface area (Å²) in [5, 5.41) is 1.99. The molecule has 1 atom stereocenters. The van der Waals surface area contributed by atoms with E-state index in [2.05, 4.69) is 4.98 Å². The van der Waals surface area contributed by atoms with E-state index in [9.17, 15) is 4.79 Å². The SMILES string of the molecule is CC(C)(C)OC(=O)N1CC[C@@H](CSc2nccs2)C1. The highest BCUT2D eigenvalue weighted by molar-refractivity contribution is 8.01. The van der Waals surface area contributed by atoms with Gasteiger partial charge in [0.25, 0.3) is 0 Å². The first kappa shape index (κ1) is 14.7. The van der Waals surface area contributed by atoms with Crippen LogP contribution in [0.15, 0.2) is 15.9 Å². The Morgan fingerprint density at radius 2 is 2.42 bits per heavy atom. The number of ether oxygens (including phenoxy) is 1. The molecule has 1 aliphatic rings. The van der Waals surface area contributed by atoms with Gasteiger partial charge in [-0.2, -0.15) is 0 Å². The van der Waals surface area contributed by atoms with Crippen LogP contribution in [0.4, 0.5) is 4.79 Å². The molecule has 19 heavy (non-hydrogen) atoms. The molecular formula is C13H20N2O2S2. The molecule has 1 fully saturated rings. The first-order valence-corrected chi connectivity index (χ1v) is 8.31. The lowest BCUT2D eigenvalue weighted by Gasteiger charge is -2.24. The summed E-state index contributed by atoms with van der Waals surface area (Å²) in [6.07, 6.45) is 2.70. The molecule has 4 nitrogen and oxygen atoms in total. The van der Waals surface area contributed by atoms with Crippen molar-refractivity contribution in [3.8, 4) is 0 Å². The zero-order valence-corrected chi connectivity index (χ0v) is 13.2. The summed E-state index contributed by atoms with van der Waals surface area (Å²) in [7, 11) is 0. The molecule has 0 spiro atoms. The molecule has 0 unspecified atom stereocenters. The van der Waals surface area contributed by atoms with Gasteiger partial charge in [0.2, 0.25) is 0 Å². The first-order chi connectivity index (χ1) is 8.94. The van der Waals surface area contributed by atoms with Crippen LogP contribution in [-0.4, -0.2) is 40.4 Å². The minimum absolute atomic E-state index is 0.186. The van der Waals surface area contributed by atoms with Crippen molar-refractivity contribution in [1.82, 2.24) is 9.88 Å². The average Bonchev–Trinajstić information content (AvgIpc) is 2.96. The highest BCUT2D eigenvalue weighted by atomic mass is 32.2. The zero-order valence-electron chi connectivity index (χ0n) is 11.6. The van der Waals surface area contributed by atoms with Crippen molar-refractivity contribution in [2.24, 2.45) is 5.92 Å². The molecule has 1 aromatic rings. The number of aromatic nitrogens is 1. The van der Waals surface area contributed by atoms with Crippen LogP contribution in [-0.2, 0) is 4.74 Å². The third kappa shape index (κ3) is 4.69. The fourth-order valence-corrected chi connectivity index (χ4v) is 3.72. The van der Waals surface area contributed by atoms with E-state index in [1.54, 1.807) is 23.1 Å². The normalized spacial score (nSPS) is 19.7. The van der Waals surface area contributed by atoms with Gasteiger partial charge in [0, 0.05) is 30.4 Å². The Hall–Kier alpha value is -0.750. The third-order valence-corrected chi connectivity index (χ3v) is 4.99. The van der Waals surface area contributed by atoms with Gasteiger partial charge in [0.05, 0.1) is 0 Å². The minimum Gasteiger partial charge on any atom is -0.444 e. The van der Waals surface area contributed by atoms with Crippen molar-refractivity contribution < 1.29 is 9.53 Å². The molecule has 2 rings (SSSR count). The fourth-order valence-electron chi connectivity index (χ4n) is 1.93. The zero-order chi connectivity index (χ0) is 13.9. The summed E-state index contributed by atoms with van der Waals surface area (Å²) in [5.41, 5.74) is -0.412. The van der Waals surface area contributed by atoms with E-state index in [0.717, 1.165) is 29.6 Å². The maximum absolute atomic E-state index is 11.9. The van der Waals surface area contributed by atoms with Crippen LogP contribution in [0, 0.1) is 5.92 Å². The molecule has 0 saturated carbocycles. The number of amides is 1. The smallest absolute Gasteiger partial charge is 0.410 e. The second-order valence-corrected chi connectivity index (χ2v) is 7.85. The number of thioether (sulfide) groups is 1. The molecule has 6 heteroatoms. The van der Waals surface area contributed by atoms with Gasteiger partial charge in [-0.05, 0) is 33.1 Å². The molecule has 0 aliphatic carbocycles. The van der Waals surface area contributed by atoms with Crippen molar-refractivity contribution in [3.05, 3.63) is 11.6 Å². The quantitative estimate of drug-likeness (QED) is 0.801. The minimum atomic E-state index is -0.412. The number of rotatable bonds is 3. The van der Waals surface area contributed by atoms with E-state index < -0.39 is 5.60 Å². The second kappa shape index (κ2) is 6.13. The number of hydrogen-bond acceptors (Lipinski definition) is 5. The highest BCUT2D eigenvalue weighted by Gasteiger charge is 2.29. The van der Waals surface area contributed by atoms with Gasteiger partial charge < -0.3 is 9.64 Å².